The summed E-state index contributed by atoms with van der Waals surface area (Å²) in [6.45, 7) is 6.51. The summed E-state index contributed by atoms with van der Waals surface area (Å²) in [5, 5.41) is 0. The number of carbonyl (C=O) groups excluding carboxylic acids is 1. The van der Waals surface area contributed by atoms with E-state index in [4.69, 9.17) is 0 Å². The fraction of sp³-hybridized carbons (Fsp3) is 0.296. The molecule has 0 saturated carbocycles. The van der Waals surface area contributed by atoms with Gasteiger partial charge in [-0.05, 0) is 74.4 Å². The zero-order valence-electron chi connectivity index (χ0n) is 17.6. The zero-order valence-corrected chi connectivity index (χ0v) is 17.6. The molecule has 1 aromatic carbocycles. The van der Waals surface area contributed by atoms with Crippen molar-refractivity contribution >= 4 is 18.0 Å². The lowest BCUT2D eigenvalue weighted by Gasteiger charge is -2.37. The summed E-state index contributed by atoms with van der Waals surface area (Å²) in [6.07, 6.45) is 25.7. The molecule has 0 aliphatic carbocycles. The molecule has 2 heterocycles. The number of hydrogen-bond donors (Lipinski definition) is 0. The van der Waals surface area contributed by atoms with Crippen LogP contribution < -0.4 is 4.90 Å². The number of hydrogen-bond acceptors (Lipinski definition) is 2. The number of benzene rings is 1. The van der Waals surface area contributed by atoms with Crippen LogP contribution in [0.5, 0.6) is 0 Å². The minimum Gasteiger partial charge on any atom is -0.371 e. The number of allylic oxidation sites excluding steroid dienone is 11. The van der Waals surface area contributed by atoms with Crippen LogP contribution in [0.15, 0.2) is 78.0 Å². The van der Waals surface area contributed by atoms with Crippen LogP contribution in [0.25, 0.3) is 6.08 Å². The Morgan fingerprint density at radius 2 is 1.41 bits per heavy atom. The highest BCUT2D eigenvalue weighted by Crippen LogP contribution is 2.36. The van der Waals surface area contributed by atoms with Gasteiger partial charge < -0.3 is 4.90 Å². The van der Waals surface area contributed by atoms with E-state index in [-0.39, 0.29) is 0 Å². The first-order valence-corrected chi connectivity index (χ1v) is 10.6. The topological polar surface area (TPSA) is 20.3 Å². The van der Waals surface area contributed by atoms with Crippen LogP contribution in [0.3, 0.4) is 0 Å². The van der Waals surface area contributed by atoms with Crippen molar-refractivity contribution < 1.29 is 4.79 Å². The number of aryl methyl sites for hydroxylation is 2. The highest BCUT2D eigenvalue weighted by molar-refractivity contribution is 5.68. The second-order valence-electron chi connectivity index (χ2n) is 7.80. The monoisotopic (exact) mass is 385 g/mol. The van der Waals surface area contributed by atoms with Gasteiger partial charge in [0.15, 0.2) is 0 Å². The average molecular weight is 386 g/mol. The molecule has 150 valence electrons. The molecule has 29 heavy (non-hydrogen) atoms. The largest absolute Gasteiger partial charge is 0.371 e. The molecule has 0 atom stereocenters. The summed E-state index contributed by atoms with van der Waals surface area (Å²) in [5.41, 5.74) is 8.15. The van der Waals surface area contributed by atoms with Gasteiger partial charge in [0.05, 0.1) is 0 Å². The van der Waals surface area contributed by atoms with E-state index in [9.17, 15) is 4.79 Å². The van der Waals surface area contributed by atoms with E-state index < -0.39 is 0 Å². The van der Waals surface area contributed by atoms with Crippen LogP contribution in [0, 0.1) is 0 Å². The molecule has 0 spiro atoms. The second kappa shape index (κ2) is 10.6. The zero-order chi connectivity index (χ0) is 20.5. The van der Waals surface area contributed by atoms with Crippen LogP contribution in [0.2, 0.25) is 0 Å². The molecule has 0 bridgehead atoms. The van der Waals surface area contributed by atoms with Crippen molar-refractivity contribution in [3.05, 3.63) is 94.7 Å². The molecule has 0 saturated heterocycles. The first-order valence-electron chi connectivity index (χ1n) is 10.6. The smallest absolute Gasteiger partial charge is 0.142 e. The Bertz CT molecular complexity index is 877. The number of aldehydes is 1. The molecule has 2 aliphatic heterocycles. The standard InChI is InChI=1S/C27H31NO/c1-22(10-3-4-11-23(2)13-9-19-29)12-5-6-14-24-20-25-15-7-17-28-18-8-16-26(21-24)27(25)28/h3-6,9-14,19-21H,7-8,15-18H2,1-2H3/b4-3+,12-5+,13-9+,14-6+,22-10+,23-11+. The normalized spacial score (nSPS) is 17.8. The maximum atomic E-state index is 10.3. The molecule has 2 heteroatoms. The molecule has 0 N–H and O–H groups in total. The molecule has 2 nitrogen and oxygen atoms in total. The van der Waals surface area contributed by atoms with Gasteiger partial charge in [0.2, 0.25) is 0 Å². The predicted octanol–water partition coefficient (Wildman–Crippen LogP) is 6.16. The van der Waals surface area contributed by atoms with E-state index in [1.807, 2.05) is 25.2 Å². The first-order chi connectivity index (χ1) is 14.2. The summed E-state index contributed by atoms with van der Waals surface area (Å²) in [7, 11) is 0. The van der Waals surface area contributed by atoms with E-state index in [1.54, 1.807) is 6.08 Å². The van der Waals surface area contributed by atoms with Gasteiger partial charge in [-0.3, -0.25) is 4.79 Å². The number of carbonyl (C=O) groups is 1. The van der Waals surface area contributed by atoms with Crippen LogP contribution in [-0.2, 0) is 17.6 Å². The van der Waals surface area contributed by atoms with Crippen molar-refractivity contribution in [1.82, 2.24) is 0 Å². The summed E-state index contributed by atoms with van der Waals surface area (Å²) < 4.78 is 0. The van der Waals surface area contributed by atoms with Crippen molar-refractivity contribution in [3.8, 4) is 0 Å². The number of nitrogens with zero attached hydrogens (tertiary/aromatic N) is 1. The van der Waals surface area contributed by atoms with Gasteiger partial charge in [0, 0.05) is 18.8 Å². The maximum absolute atomic E-state index is 10.3. The molecule has 1 aromatic rings. The molecule has 2 aliphatic rings. The van der Waals surface area contributed by atoms with Crippen molar-refractivity contribution in [3.63, 3.8) is 0 Å². The fourth-order valence-electron chi connectivity index (χ4n) is 4.02. The summed E-state index contributed by atoms with van der Waals surface area (Å²) in [6, 6.07) is 4.75. The van der Waals surface area contributed by atoms with E-state index in [0.29, 0.717) is 0 Å². The maximum Gasteiger partial charge on any atom is 0.142 e. The lowest BCUT2D eigenvalue weighted by atomic mass is 9.90. The van der Waals surface area contributed by atoms with E-state index in [0.717, 1.165) is 11.9 Å². The Hall–Kier alpha value is -2.87. The quantitative estimate of drug-likeness (QED) is 0.318. The summed E-state index contributed by atoms with van der Waals surface area (Å²) in [5.74, 6) is 0. The van der Waals surface area contributed by atoms with Crippen LogP contribution in [0.1, 0.15) is 43.4 Å². The van der Waals surface area contributed by atoms with Gasteiger partial charge in [0.1, 0.15) is 6.29 Å². The van der Waals surface area contributed by atoms with Crippen LogP contribution >= 0.6 is 0 Å². The van der Waals surface area contributed by atoms with Crippen molar-refractivity contribution in [2.45, 2.75) is 39.5 Å². The number of rotatable bonds is 7. The van der Waals surface area contributed by atoms with Gasteiger partial charge in [-0.2, -0.15) is 0 Å². The highest BCUT2D eigenvalue weighted by Gasteiger charge is 2.23. The third kappa shape index (κ3) is 6.05. The van der Waals surface area contributed by atoms with Gasteiger partial charge in [-0.1, -0.05) is 65.8 Å². The van der Waals surface area contributed by atoms with E-state index in [1.165, 1.54) is 72.8 Å². The molecule has 0 radical (unpaired) electrons. The van der Waals surface area contributed by atoms with Crippen LogP contribution in [0.4, 0.5) is 5.69 Å². The Morgan fingerprint density at radius 3 is 2.00 bits per heavy atom. The third-order valence-electron chi connectivity index (χ3n) is 5.38. The van der Waals surface area contributed by atoms with Gasteiger partial charge >= 0.3 is 0 Å². The minimum atomic E-state index is 0.790. The lowest BCUT2D eigenvalue weighted by molar-refractivity contribution is -0.104. The van der Waals surface area contributed by atoms with Crippen LogP contribution in [-0.4, -0.2) is 19.4 Å². The van der Waals surface area contributed by atoms with Gasteiger partial charge in [0.25, 0.3) is 0 Å². The predicted molar refractivity (Wildman–Crippen MR) is 125 cm³/mol. The molecule has 0 fully saturated rings. The Kier molecular flexibility index (Phi) is 7.63. The average Bonchev–Trinajstić information content (AvgIpc) is 2.73. The first kappa shape index (κ1) is 20.9. The lowest BCUT2D eigenvalue weighted by Crippen LogP contribution is -2.34. The second-order valence-corrected chi connectivity index (χ2v) is 7.80. The molecule has 0 aromatic heterocycles. The van der Waals surface area contributed by atoms with Gasteiger partial charge in [-0.25, -0.2) is 0 Å². The molecule has 3 rings (SSSR count). The molecular formula is C27H31NO. The number of anilines is 1. The van der Waals surface area contributed by atoms with Gasteiger partial charge in [-0.15, -0.1) is 0 Å². The molecule has 0 unspecified atom stereocenters. The Morgan fingerprint density at radius 1 is 0.828 bits per heavy atom. The summed E-state index contributed by atoms with van der Waals surface area (Å²) in [4.78, 5) is 12.9. The Balaban J connectivity index is 1.60. The fourth-order valence-corrected chi connectivity index (χ4v) is 4.02. The minimum absolute atomic E-state index is 0.790. The summed E-state index contributed by atoms with van der Waals surface area (Å²) >= 11 is 0. The Labute approximate surface area is 175 Å². The van der Waals surface area contributed by atoms with E-state index in [2.05, 4.69) is 54.3 Å². The third-order valence-corrected chi connectivity index (χ3v) is 5.38. The van der Waals surface area contributed by atoms with Crippen molar-refractivity contribution in [2.75, 3.05) is 18.0 Å². The van der Waals surface area contributed by atoms with Crippen molar-refractivity contribution in [1.29, 1.82) is 0 Å². The SMILES string of the molecule is CC(/C=C/C=O)=C\C=C\C=C(C)\C=C\C=C\c1cc2c3c(c1)CCCN3CCC2. The van der Waals surface area contributed by atoms with E-state index >= 15 is 0 Å². The van der Waals surface area contributed by atoms with Crippen molar-refractivity contribution in [2.24, 2.45) is 0 Å². The molecular weight excluding hydrogens is 354 g/mol. The molecule has 0 amide bonds. The highest BCUT2D eigenvalue weighted by atomic mass is 16.1.